The Kier molecular flexibility index (Phi) is 4.14. The fourth-order valence-electron chi connectivity index (χ4n) is 2.46. The first-order chi connectivity index (χ1) is 9.40. The van der Waals surface area contributed by atoms with Crippen molar-refractivity contribution in [1.29, 1.82) is 0 Å². The van der Waals surface area contributed by atoms with Crippen molar-refractivity contribution in [2.75, 3.05) is 0 Å². The second-order valence-electron chi connectivity index (χ2n) is 5.42. The van der Waals surface area contributed by atoms with Gasteiger partial charge in [0.2, 0.25) is 0 Å². The van der Waals surface area contributed by atoms with E-state index >= 15 is 0 Å². The molecule has 1 aromatic heterocycles. The van der Waals surface area contributed by atoms with Gasteiger partial charge in [-0.05, 0) is 45.4 Å². The Bertz CT molecular complexity index is 602. The van der Waals surface area contributed by atoms with E-state index in [-0.39, 0.29) is 12.1 Å². The molecule has 0 aliphatic rings. The van der Waals surface area contributed by atoms with Crippen LogP contribution in [-0.2, 0) is 7.05 Å². The molecule has 1 heterocycles. The van der Waals surface area contributed by atoms with Gasteiger partial charge in [-0.2, -0.15) is 5.10 Å². The molecule has 0 saturated heterocycles. The Morgan fingerprint density at radius 1 is 1.25 bits per heavy atom. The van der Waals surface area contributed by atoms with Gasteiger partial charge in [-0.3, -0.25) is 4.68 Å². The summed E-state index contributed by atoms with van der Waals surface area (Å²) < 4.78 is 7.60. The van der Waals surface area contributed by atoms with Crippen LogP contribution in [-0.4, -0.2) is 15.9 Å². The van der Waals surface area contributed by atoms with E-state index in [4.69, 9.17) is 10.5 Å². The molecule has 0 spiro atoms. The summed E-state index contributed by atoms with van der Waals surface area (Å²) in [5, 5.41) is 4.43. The van der Waals surface area contributed by atoms with Crippen LogP contribution in [0, 0.1) is 13.8 Å². The third kappa shape index (κ3) is 2.85. The Labute approximate surface area is 120 Å². The van der Waals surface area contributed by atoms with Crippen LogP contribution in [0.4, 0.5) is 0 Å². The van der Waals surface area contributed by atoms with Crippen LogP contribution in [0.25, 0.3) is 0 Å². The van der Waals surface area contributed by atoms with E-state index in [0.717, 1.165) is 28.3 Å². The third-order valence-electron chi connectivity index (χ3n) is 3.46. The molecule has 2 aromatic rings. The molecule has 0 fully saturated rings. The predicted molar refractivity (Wildman–Crippen MR) is 80.9 cm³/mol. The lowest BCUT2D eigenvalue weighted by Gasteiger charge is -2.16. The summed E-state index contributed by atoms with van der Waals surface area (Å²) >= 11 is 0. The number of nitrogens with zero attached hydrogens (tertiary/aromatic N) is 2. The first-order valence-electron chi connectivity index (χ1n) is 6.92. The SMILES string of the molecule is Cc1nn(C)c(C)c1C(N)c1cccc(OC(C)C)c1. The molecule has 0 bridgehead atoms. The minimum absolute atomic E-state index is 0.156. The lowest BCUT2D eigenvalue weighted by atomic mass is 9.98. The summed E-state index contributed by atoms with van der Waals surface area (Å²) in [7, 11) is 1.94. The molecule has 4 heteroatoms. The zero-order chi connectivity index (χ0) is 14.9. The summed E-state index contributed by atoms with van der Waals surface area (Å²) in [5.41, 5.74) is 10.6. The average Bonchev–Trinajstić information content (AvgIpc) is 2.62. The molecule has 2 rings (SSSR count). The molecule has 2 N–H and O–H groups in total. The lowest BCUT2D eigenvalue weighted by molar-refractivity contribution is 0.242. The van der Waals surface area contributed by atoms with E-state index in [2.05, 4.69) is 5.10 Å². The minimum atomic E-state index is -0.181. The van der Waals surface area contributed by atoms with Gasteiger partial charge in [-0.15, -0.1) is 0 Å². The highest BCUT2D eigenvalue weighted by Crippen LogP contribution is 2.27. The second kappa shape index (κ2) is 5.67. The van der Waals surface area contributed by atoms with Crippen LogP contribution in [0.15, 0.2) is 24.3 Å². The highest BCUT2D eigenvalue weighted by atomic mass is 16.5. The highest BCUT2D eigenvalue weighted by Gasteiger charge is 2.18. The van der Waals surface area contributed by atoms with Crippen molar-refractivity contribution in [3.63, 3.8) is 0 Å². The minimum Gasteiger partial charge on any atom is -0.491 e. The van der Waals surface area contributed by atoms with Crippen LogP contribution < -0.4 is 10.5 Å². The molecule has 20 heavy (non-hydrogen) atoms. The smallest absolute Gasteiger partial charge is 0.120 e. The predicted octanol–water partition coefficient (Wildman–Crippen LogP) is 2.87. The molecule has 0 amide bonds. The summed E-state index contributed by atoms with van der Waals surface area (Å²) in [6.45, 7) is 8.07. The summed E-state index contributed by atoms with van der Waals surface area (Å²) in [6, 6.07) is 7.80. The van der Waals surface area contributed by atoms with E-state index in [1.165, 1.54) is 0 Å². The molecule has 1 aromatic carbocycles. The van der Waals surface area contributed by atoms with Crippen molar-refractivity contribution in [2.24, 2.45) is 12.8 Å². The Hall–Kier alpha value is -1.81. The van der Waals surface area contributed by atoms with Crippen molar-refractivity contribution in [2.45, 2.75) is 39.8 Å². The molecule has 0 aliphatic heterocycles. The van der Waals surface area contributed by atoms with Gasteiger partial charge in [0.1, 0.15) is 5.75 Å². The zero-order valence-electron chi connectivity index (χ0n) is 12.8. The van der Waals surface area contributed by atoms with Crippen molar-refractivity contribution in [3.8, 4) is 5.75 Å². The Balaban J connectivity index is 2.35. The zero-order valence-corrected chi connectivity index (χ0v) is 12.8. The Morgan fingerprint density at radius 3 is 2.50 bits per heavy atom. The fourth-order valence-corrected chi connectivity index (χ4v) is 2.46. The maximum absolute atomic E-state index is 6.42. The van der Waals surface area contributed by atoms with E-state index < -0.39 is 0 Å². The monoisotopic (exact) mass is 273 g/mol. The van der Waals surface area contributed by atoms with E-state index in [0.29, 0.717) is 0 Å². The van der Waals surface area contributed by atoms with Gasteiger partial charge in [0.15, 0.2) is 0 Å². The second-order valence-corrected chi connectivity index (χ2v) is 5.42. The average molecular weight is 273 g/mol. The summed E-state index contributed by atoms with van der Waals surface area (Å²) in [5.74, 6) is 0.854. The molecular weight excluding hydrogens is 250 g/mol. The topological polar surface area (TPSA) is 53.1 Å². The summed E-state index contributed by atoms with van der Waals surface area (Å²) in [6.07, 6.45) is 0.156. The number of hydrogen-bond acceptors (Lipinski definition) is 3. The molecule has 0 saturated carbocycles. The number of aryl methyl sites for hydroxylation is 2. The molecule has 1 atom stereocenters. The van der Waals surface area contributed by atoms with Crippen molar-refractivity contribution in [1.82, 2.24) is 9.78 Å². The first kappa shape index (κ1) is 14.6. The number of aromatic nitrogens is 2. The van der Waals surface area contributed by atoms with Gasteiger partial charge in [0.25, 0.3) is 0 Å². The van der Waals surface area contributed by atoms with E-state index in [1.807, 2.05) is 63.7 Å². The number of ether oxygens (including phenoxy) is 1. The maximum Gasteiger partial charge on any atom is 0.120 e. The number of nitrogens with two attached hydrogens (primary N) is 1. The summed E-state index contributed by atoms with van der Waals surface area (Å²) in [4.78, 5) is 0. The standard InChI is InChI=1S/C16H23N3O/c1-10(2)20-14-8-6-7-13(9-14)16(17)15-11(3)18-19(5)12(15)4/h6-10,16H,17H2,1-5H3. The highest BCUT2D eigenvalue weighted by molar-refractivity contribution is 5.39. The molecule has 0 aliphatic carbocycles. The quantitative estimate of drug-likeness (QED) is 0.932. The maximum atomic E-state index is 6.42. The van der Waals surface area contributed by atoms with Crippen LogP contribution >= 0.6 is 0 Å². The van der Waals surface area contributed by atoms with E-state index in [9.17, 15) is 0 Å². The first-order valence-corrected chi connectivity index (χ1v) is 6.92. The molecule has 0 radical (unpaired) electrons. The Morgan fingerprint density at radius 2 is 1.95 bits per heavy atom. The van der Waals surface area contributed by atoms with Crippen molar-refractivity contribution < 1.29 is 4.74 Å². The molecule has 108 valence electrons. The van der Waals surface area contributed by atoms with Gasteiger partial charge >= 0.3 is 0 Å². The van der Waals surface area contributed by atoms with Crippen LogP contribution in [0.2, 0.25) is 0 Å². The largest absolute Gasteiger partial charge is 0.491 e. The van der Waals surface area contributed by atoms with Gasteiger partial charge in [-0.1, -0.05) is 12.1 Å². The number of hydrogen-bond donors (Lipinski definition) is 1. The number of benzene rings is 1. The van der Waals surface area contributed by atoms with E-state index in [1.54, 1.807) is 0 Å². The van der Waals surface area contributed by atoms with Gasteiger partial charge < -0.3 is 10.5 Å². The van der Waals surface area contributed by atoms with Crippen molar-refractivity contribution in [3.05, 3.63) is 46.8 Å². The van der Waals surface area contributed by atoms with Crippen LogP contribution in [0.3, 0.4) is 0 Å². The fraction of sp³-hybridized carbons (Fsp3) is 0.438. The molecule has 1 unspecified atom stereocenters. The normalized spacial score (nSPS) is 12.8. The third-order valence-corrected chi connectivity index (χ3v) is 3.46. The van der Waals surface area contributed by atoms with Gasteiger partial charge in [0, 0.05) is 18.3 Å². The van der Waals surface area contributed by atoms with Crippen LogP contribution in [0.1, 0.15) is 42.4 Å². The van der Waals surface area contributed by atoms with Crippen molar-refractivity contribution >= 4 is 0 Å². The van der Waals surface area contributed by atoms with Crippen LogP contribution in [0.5, 0.6) is 5.75 Å². The van der Waals surface area contributed by atoms with Gasteiger partial charge in [0.05, 0.1) is 17.8 Å². The number of rotatable bonds is 4. The molecule has 4 nitrogen and oxygen atoms in total. The molecular formula is C16H23N3O. The van der Waals surface area contributed by atoms with Gasteiger partial charge in [-0.25, -0.2) is 0 Å². The lowest BCUT2D eigenvalue weighted by Crippen LogP contribution is -2.14.